The van der Waals surface area contributed by atoms with Crippen LogP contribution in [-0.2, 0) is 9.53 Å². The summed E-state index contributed by atoms with van der Waals surface area (Å²) in [7, 11) is 0. The lowest BCUT2D eigenvalue weighted by Crippen LogP contribution is -2.44. The summed E-state index contributed by atoms with van der Waals surface area (Å²) in [4.78, 5) is 14.7. The summed E-state index contributed by atoms with van der Waals surface area (Å²) in [6, 6.07) is 0.187. The lowest BCUT2D eigenvalue weighted by Gasteiger charge is -2.26. The van der Waals surface area contributed by atoms with E-state index in [-0.39, 0.29) is 17.9 Å². The molecule has 2 unspecified atom stereocenters. The Hall–Kier alpha value is -0.650. The maximum absolute atomic E-state index is 12.2. The molecule has 122 valence electrons. The highest BCUT2D eigenvalue weighted by molar-refractivity contribution is 5.79. The fourth-order valence-electron chi connectivity index (χ4n) is 3.17. The summed E-state index contributed by atoms with van der Waals surface area (Å²) in [5.74, 6) is 0.131. The summed E-state index contributed by atoms with van der Waals surface area (Å²) in [6.07, 6.45) is 6.17. The second kappa shape index (κ2) is 9.38. The SMILES string of the molecule is CCCNC1COCC1C(=O)NCCCN1CCCCC1. The minimum atomic E-state index is -0.0217. The minimum Gasteiger partial charge on any atom is -0.379 e. The Labute approximate surface area is 128 Å². The second-order valence-electron chi connectivity index (χ2n) is 6.25. The maximum atomic E-state index is 12.2. The smallest absolute Gasteiger partial charge is 0.227 e. The summed E-state index contributed by atoms with van der Waals surface area (Å²) in [5.41, 5.74) is 0. The van der Waals surface area contributed by atoms with E-state index in [2.05, 4.69) is 22.5 Å². The van der Waals surface area contributed by atoms with Crippen LogP contribution in [0.3, 0.4) is 0 Å². The van der Waals surface area contributed by atoms with Gasteiger partial charge in [0, 0.05) is 12.6 Å². The molecule has 2 fully saturated rings. The lowest BCUT2D eigenvalue weighted by atomic mass is 10.0. The lowest BCUT2D eigenvalue weighted by molar-refractivity contribution is -0.125. The Bertz CT molecular complexity index is 306. The van der Waals surface area contributed by atoms with Gasteiger partial charge in [-0.05, 0) is 51.9 Å². The van der Waals surface area contributed by atoms with Gasteiger partial charge in [-0.25, -0.2) is 0 Å². The molecule has 0 aromatic carbocycles. The Morgan fingerprint density at radius 3 is 2.76 bits per heavy atom. The molecule has 2 N–H and O–H groups in total. The first kappa shape index (κ1) is 16.7. The number of hydrogen-bond acceptors (Lipinski definition) is 4. The van der Waals surface area contributed by atoms with Crippen molar-refractivity contribution in [2.45, 2.75) is 45.1 Å². The van der Waals surface area contributed by atoms with E-state index < -0.39 is 0 Å². The number of amides is 1. The van der Waals surface area contributed by atoms with Gasteiger partial charge < -0.3 is 20.3 Å². The molecule has 0 radical (unpaired) electrons. The van der Waals surface area contributed by atoms with Crippen LogP contribution in [0.2, 0.25) is 0 Å². The summed E-state index contributed by atoms with van der Waals surface area (Å²) in [5, 5.41) is 6.50. The van der Waals surface area contributed by atoms with E-state index in [0.29, 0.717) is 13.2 Å². The Balaban J connectivity index is 1.59. The van der Waals surface area contributed by atoms with Crippen LogP contribution in [0.1, 0.15) is 39.0 Å². The van der Waals surface area contributed by atoms with Gasteiger partial charge in [-0.15, -0.1) is 0 Å². The van der Waals surface area contributed by atoms with Crippen LogP contribution in [0.4, 0.5) is 0 Å². The first-order chi connectivity index (χ1) is 10.3. The third-order valence-corrected chi connectivity index (χ3v) is 4.47. The summed E-state index contributed by atoms with van der Waals surface area (Å²) >= 11 is 0. The maximum Gasteiger partial charge on any atom is 0.227 e. The number of carbonyl (C=O) groups is 1. The van der Waals surface area contributed by atoms with Crippen molar-refractivity contribution < 1.29 is 9.53 Å². The third kappa shape index (κ3) is 5.57. The monoisotopic (exact) mass is 297 g/mol. The van der Waals surface area contributed by atoms with Crippen molar-refractivity contribution in [1.29, 1.82) is 0 Å². The Morgan fingerprint density at radius 2 is 2.00 bits per heavy atom. The van der Waals surface area contributed by atoms with Crippen LogP contribution in [0, 0.1) is 5.92 Å². The molecular formula is C16H31N3O2. The molecule has 1 amide bonds. The van der Waals surface area contributed by atoms with E-state index in [1.165, 1.54) is 32.4 Å². The summed E-state index contributed by atoms with van der Waals surface area (Å²) in [6.45, 7) is 8.66. The predicted molar refractivity (Wildman–Crippen MR) is 84.3 cm³/mol. The molecule has 2 aliphatic heterocycles. The van der Waals surface area contributed by atoms with Gasteiger partial charge in [-0.2, -0.15) is 0 Å². The van der Waals surface area contributed by atoms with Gasteiger partial charge in [-0.1, -0.05) is 13.3 Å². The molecule has 5 heteroatoms. The van der Waals surface area contributed by atoms with Gasteiger partial charge >= 0.3 is 0 Å². The first-order valence-corrected chi connectivity index (χ1v) is 8.62. The van der Waals surface area contributed by atoms with E-state index in [0.717, 1.165) is 32.5 Å². The van der Waals surface area contributed by atoms with Crippen LogP contribution < -0.4 is 10.6 Å². The number of ether oxygens (including phenoxy) is 1. The predicted octanol–water partition coefficient (Wildman–Crippen LogP) is 0.993. The molecule has 2 heterocycles. The van der Waals surface area contributed by atoms with E-state index in [1.807, 2.05) is 0 Å². The van der Waals surface area contributed by atoms with Gasteiger partial charge in [0.1, 0.15) is 0 Å². The Kier molecular flexibility index (Phi) is 7.47. The van der Waals surface area contributed by atoms with Crippen LogP contribution >= 0.6 is 0 Å². The highest BCUT2D eigenvalue weighted by atomic mass is 16.5. The van der Waals surface area contributed by atoms with Crippen molar-refractivity contribution in [3.05, 3.63) is 0 Å². The molecule has 2 atom stereocenters. The normalized spacial score (nSPS) is 26.9. The zero-order chi connectivity index (χ0) is 14.9. The van der Waals surface area contributed by atoms with Crippen molar-refractivity contribution in [2.75, 3.05) is 45.9 Å². The standard InChI is InChI=1S/C16H31N3O2/c1-2-7-17-15-13-21-12-14(15)16(20)18-8-6-11-19-9-4-3-5-10-19/h14-15,17H,2-13H2,1H3,(H,18,20). The van der Waals surface area contributed by atoms with Gasteiger partial charge in [-0.3, -0.25) is 4.79 Å². The highest BCUT2D eigenvalue weighted by Crippen LogP contribution is 2.14. The quantitative estimate of drug-likeness (QED) is 0.656. The Morgan fingerprint density at radius 1 is 1.19 bits per heavy atom. The minimum absolute atomic E-state index is 0.0217. The molecule has 0 spiro atoms. The molecule has 0 aliphatic carbocycles. The zero-order valence-electron chi connectivity index (χ0n) is 13.4. The van der Waals surface area contributed by atoms with Crippen molar-refractivity contribution in [2.24, 2.45) is 5.92 Å². The van der Waals surface area contributed by atoms with E-state index in [9.17, 15) is 4.79 Å². The second-order valence-corrected chi connectivity index (χ2v) is 6.25. The van der Waals surface area contributed by atoms with Crippen LogP contribution in [0.5, 0.6) is 0 Å². The van der Waals surface area contributed by atoms with Gasteiger partial charge in [0.15, 0.2) is 0 Å². The number of nitrogens with one attached hydrogen (secondary N) is 2. The molecular weight excluding hydrogens is 266 g/mol. The van der Waals surface area contributed by atoms with Crippen LogP contribution in [-0.4, -0.2) is 62.8 Å². The molecule has 21 heavy (non-hydrogen) atoms. The molecule has 0 saturated carbocycles. The number of hydrogen-bond donors (Lipinski definition) is 2. The van der Waals surface area contributed by atoms with Crippen LogP contribution in [0.25, 0.3) is 0 Å². The fourth-order valence-corrected chi connectivity index (χ4v) is 3.17. The molecule has 2 aliphatic rings. The third-order valence-electron chi connectivity index (χ3n) is 4.47. The number of carbonyl (C=O) groups excluding carboxylic acids is 1. The highest BCUT2D eigenvalue weighted by Gasteiger charge is 2.33. The zero-order valence-corrected chi connectivity index (χ0v) is 13.4. The van der Waals surface area contributed by atoms with Crippen molar-refractivity contribution >= 4 is 5.91 Å². The van der Waals surface area contributed by atoms with E-state index >= 15 is 0 Å². The molecule has 0 bridgehead atoms. The molecule has 0 aromatic rings. The molecule has 2 saturated heterocycles. The van der Waals surface area contributed by atoms with Crippen LogP contribution in [0.15, 0.2) is 0 Å². The summed E-state index contributed by atoms with van der Waals surface area (Å²) < 4.78 is 5.46. The number of likely N-dealkylation sites (tertiary alicyclic amines) is 1. The van der Waals surface area contributed by atoms with Gasteiger partial charge in [0.05, 0.1) is 19.1 Å². The van der Waals surface area contributed by atoms with Gasteiger partial charge in [0.2, 0.25) is 5.91 Å². The molecule has 5 nitrogen and oxygen atoms in total. The molecule has 2 rings (SSSR count). The van der Waals surface area contributed by atoms with Crippen molar-refractivity contribution in [1.82, 2.24) is 15.5 Å². The average molecular weight is 297 g/mol. The topological polar surface area (TPSA) is 53.6 Å². The van der Waals surface area contributed by atoms with Crippen molar-refractivity contribution in [3.8, 4) is 0 Å². The molecule has 0 aromatic heterocycles. The number of nitrogens with zero attached hydrogens (tertiary/aromatic N) is 1. The van der Waals surface area contributed by atoms with E-state index in [1.54, 1.807) is 0 Å². The fraction of sp³-hybridized carbons (Fsp3) is 0.938. The first-order valence-electron chi connectivity index (χ1n) is 8.62. The van der Waals surface area contributed by atoms with Crippen molar-refractivity contribution in [3.63, 3.8) is 0 Å². The number of piperidine rings is 1. The van der Waals surface area contributed by atoms with E-state index in [4.69, 9.17) is 4.74 Å². The van der Waals surface area contributed by atoms with Gasteiger partial charge in [0.25, 0.3) is 0 Å². The largest absolute Gasteiger partial charge is 0.379 e. The number of rotatable bonds is 8. The average Bonchev–Trinajstić information content (AvgIpc) is 2.99.